The lowest BCUT2D eigenvalue weighted by molar-refractivity contribution is 0.0392. The van der Waals surface area contributed by atoms with Crippen molar-refractivity contribution in [2.24, 2.45) is 5.92 Å². The van der Waals surface area contributed by atoms with E-state index in [0.717, 1.165) is 5.92 Å². The Morgan fingerprint density at radius 2 is 2.00 bits per heavy atom. The third kappa shape index (κ3) is 2.51. The van der Waals surface area contributed by atoms with E-state index in [2.05, 4.69) is 53.2 Å². The molecule has 0 spiro atoms. The molecule has 1 aromatic heterocycles. The van der Waals surface area contributed by atoms with Gasteiger partial charge in [0.15, 0.2) is 0 Å². The van der Waals surface area contributed by atoms with Crippen molar-refractivity contribution in [2.75, 3.05) is 24.6 Å². The fourth-order valence-electron chi connectivity index (χ4n) is 4.33. The second-order valence-corrected chi connectivity index (χ2v) is 9.09. The lowest BCUT2D eigenvalue weighted by atomic mass is 9.83. The molecule has 0 bridgehead atoms. The van der Waals surface area contributed by atoms with E-state index in [1.54, 1.807) is 4.88 Å². The van der Waals surface area contributed by atoms with Crippen molar-refractivity contribution in [3.63, 3.8) is 0 Å². The zero-order valence-corrected chi connectivity index (χ0v) is 15.0. The summed E-state index contributed by atoms with van der Waals surface area (Å²) in [4.78, 5) is 4.51. The van der Waals surface area contributed by atoms with Gasteiger partial charge in [-0.05, 0) is 65.8 Å². The summed E-state index contributed by atoms with van der Waals surface area (Å²) in [6.07, 6.45) is 5.44. The van der Waals surface area contributed by atoms with Crippen LogP contribution < -0.4 is 0 Å². The van der Waals surface area contributed by atoms with Crippen molar-refractivity contribution in [3.05, 3.63) is 34.5 Å². The molecule has 2 aliphatic rings. The fourth-order valence-corrected chi connectivity index (χ4v) is 6.81. The maximum Gasteiger partial charge on any atom is 0.0575 e. The van der Waals surface area contributed by atoms with Gasteiger partial charge in [0.05, 0.1) is 5.54 Å². The molecule has 3 heteroatoms. The molecule has 22 heavy (non-hydrogen) atoms. The Hall–Kier alpha value is -0.510. The number of thiophene rings is 1. The lowest BCUT2D eigenvalue weighted by Crippen LogP contribution is -2.51. The summed E-state index contributed by atoms with van der Waals surface area (Å²) >= 11 is 4.15. The Labute approximate surface area is 142 Å². The SMILES string of the molecule is C[C@@H]1CCCN(C2(c3scc4ccccc34)CCSCC2)C1. The zero-order chi connectivity index (χ0) is 15.0. The molecule has 0 aliphatic carbocycles. The van der Waals surface area contributed by atoms with Gasteiger partial charge < -0.3 is 0 Å². The molecule has 3 heterocycles. The largest absolute Gasteiger partial charge is 0.292 e. The maximum atomic E-state index is 2.86. The monoisotopic (exact) mass is 331 g/mol. The van der Waals surface area contributed by atoms with Crippen LogP contribution in [0.5, 0.6) is 0 Å². The highest BCUT2D eigenvalue weighted by atomic mass is 32.2. The first-order valence-electron chi connectivity index (χ1n) is 8.59. The zero-order valence-electron chi connectivity index (χ0n) is 13.4. The molecule has 0 amide bonds. The Kier molecular flexibility index (Phi) is 4.23. The third-order valence-corrected chi connectivity index (χ3v) is 7.71. The van der Waals surface area contributed by atoms with Gasteiger partial charge >= 0.3 is 0 Å². The highest BCUT2D eigenvalue weighted by Crippen LogP contribution is 2.47. The van der Waals surface area contributed by atoms with Gasteiger partial charge in [-0.15, -0.1) is 11.3 Å². The molecular formula is C19H25NS2. The van der Waals surface area contributed by atoms with Crippen LogP contribution in [0.1, 0.15) is 37.5 Å². The first kappa shape index (κ1) is 15.0. The molecule has 2 saturated heterocycles. The number of benzene rings is 1. The molecule has 1 atom stereocenters. The van der Waals surface area contributed by atoms with Crippen LogP contribution in [0.3, 0.4) is 0 Å². The molecule has 0 unspecified atom stereocenters. The molecule has 0 N–H and O–H groups in total. The minimum absolute atomic E-state index is 0.313. The van der Waals surface area contributed by atoms with Gasteiger partial charge in [0.25, 0.3) is 0 Å². The Morgan fingerprint density at radius 3 is 2.82 bits per heavy atom. The molecule has 2 aromatic rings. The van der Waals surface area contributed by atoms with Gasteiger partial charge in [-0.2, -0.15) is 11.8 Å². The molecule has 118 valence electrons. The van der Waals surface area contributed by atoms with Gasteiger partial charge in [0.2, 0.25) is 0 Å². The quantitative estimate of drug-likeness (QED) is 0.729. The minimum atomic E-state index is 0.313. The number of fused-ring (bicyclic) bond motifs is 1. The van der Waals surface area contributed by atoms with E-state index in [-0.39, 0.29) is 0 Å². The summed E-state index contributed by atoms with van der Waals surface area (Å²) in [5.41, 5.74) is 0.313. The highest BCUT2D eigenvalue weighted by molar-refractivity contribution is 7.99. The first-order chi connectivity index (χ1) is 10.8. The van der Waals surface area contributed by atoms with Crippen LogP contribution in [0.2, 0.25) is 0 Å². The second-order valence-electron chi connectivity index (χ2n) is 6.99. The highest BCUT2D eigenvalue weighted by Gasteiger charge is 2.42. The third-order valence-electron chi connectivity index (χ3n) is 5.51. The smallest absolute Gasteiger partial charge is 0.0575 e. The average Bonchev–Trinajstić information content (AvgIpc) is 3.00. The molecule has 1 nitrogen and oxygen atoms in total. The summed E-state index contributed by atoms with van der Waals surface area (Å²) in [5.74, 6) is 3.49. The summed E-state index contributed by atoms with van der Waals surface area (Å²) in [6, 6.07) is 9.01. The van der Waals surface area contributed by atoms with Crippen LogP contribution in [0, 0.1) is 5.92 Å². The topological polar surface area (TPSA) is 3.24 Å². The molecular weight excluding hydrogens is 306 g/mol. The fraction of sp³-hybridized carbons (Fsp3) is 0.579. The average molecular weight is 332 g/mol. The minimum Gasteiger partial charge on any atom is -0.292 e. The number of hydrogen-bond donors (Lipinski definition) is 0. The van der Waals surface area contributed by atoms with Crippen molar-refractivity contribution in [1.29, 1.82) is 0 Å². The van der Waals surface area contributed by atoms with Gasteiger partial charge in [-0.1, -0.05) is 31.2 Å². The molecule has 2 aliphatic heterocycles. The summed E-state index contributed by atoms with van der Waals surface area (Å²) in [7, 11) is 0. The number of hydrogen-bond acceptors (Lipinski definition) is 3. The Bertz CT molecular complexity index is 642. The van der Waals surface area contributed by atoms with E-state index in [1.165, 1.54) is 61.1 Å². The van der Waals surface area contributed by atoms with Crippen molar-refractivity contribution >= 4 is 33.9 Å². The van der Waals surface area contributed by atoms with Gasteiger partial charge in [-0.25, -0.2) is 0 Å². The first-order valence-corrected chi connectivity index (χ1v) is 10.6. The molecule has 2 fully saturated rings. The number of thioether (sulfide) groups is 1. The number of piperidine rings is 1. The van der Waals surface area contributed by atoms with Crippen LogP contribution in [0.15, 0.2) is 29.6 Å². The predicted octanol–water partition coefficient (Wildman–Crippen LogP) is 5.36. The van der Waals surface area contributed by atoms with Crippen molar-refractivity contribution in [1.82, 2.24) is 4.90 Å². The normalized spacial score (nSPS) is 26.3. The molecule has 0 saturated carbocycles. The van der Waals surface area contributed by atoms with E-state index >= 15 is 0 Å². The second kappa shape index (κ2) is 6.18. The van der Waals surface area contributed by atoms with Crippen LogP contribution >= 0.6 is 23.1 Å². The predicted molar refractivity (Wildman–Crippen MR) is 100 cm³/mol. The molecule has 4 rings (SSSR count). The number of likely N-dealkylation sites (tertiary alicyclic amines) is 1. The van der Waals surface area contributed by atoms with Crippen molar-refractivity contribution in [2.45, 2.75) is 38.1 Å². The van der Waals surface area contributed by atoms with Crippen LogP contribution in [-0.4, -0.2) is 29.5 Å². The van der Waals surface area contributed by atoms with Crippen molar-refractivity contribution < 1.29 is 0 Å². The Balaban J connectivity index is 1.80. The van der Waals surface area contributed by atoms with E-state index < -0.39 is 0 Å². The maximum absolute atomic E-state index is 2.86. The van der Waals surface area contributed by atoms with Gasteiger partial charge in [0, 0.05) is 11.4 Å². The summed E-state index contributed by atoms with van der Waals surface area (Å²) < 4.78 is 0. The van der Waals surface area contributed by atoms with E-state index in [4.69, 9.17) is 0 Å². The van der Waals surface area contributed by atoms with E-state index in [9.17, 15) is 0 Å². The van der Waals surface area contributed by atoms with Crippen LogP contribution in [0.25, 0.3) is 10.8 Å². The van der Waals surface area contributed by atoms with Crippen molar-refractivity contribution in [3.8, 4) is 0 Å². The number of nitrogens with zero attached hydrogens (tertiary/aromatic N) is 1. The summed E-state index contributed by atoms with van der Waals surface area (Å²) in [5, 5.41) is 5.32. The standard InChI is InChI=1S/C19H25NS2/c1-15-5-4-10-20(13-15)19(8-11-21-12-9-19)18-17-7-3-2-6-16(17)14-22-18/h2-3,6-7,14-15H,4-5,8-13H2,1H3/t15-/m1/s1. The summed E-state index contributed by atoms with van der Waals surface area (Å²) in [6.45, 7) is 5.02. The van der Waals surface area contributed by atoms with Gasteiger partial charge in [0.1, 0.15) is 0 Å². The molecule has 0 radical (unpaired) electrons. The van der Waals surface area contributed by atoms with E-state index in [0.29, 0.717) is 5.54 Å². The van der Waals surface area contributed by atoms with E-state index in [1.807, 2.05) is 11.3 Å². The lowest BCUT2D eigenvalue weighted by Gasteiger charge is -2.49. The molecule has 1 aromatic carbocycles. The van der Waals surface area contributed by atoms with Gasteiger partial charge in [-0.3, -0.25) is 4.90 Å². The number of rotatable bonds is 2. The van der Waals surface area contributed by atoms with Crippen LogP contribution in [-0.2, 0) is 5.54 Å². The Morgan fingerprint density at radius 1 is 1.18 bits per heavy atom. The van der Waals surface area contributed by atoms with Crippen LogP contribution in [0.4, 0.5) is 0 Å².